The first kappa shape index (κ1) is 28.1. The lowest BCUT2D eigenvalue weighted by Gasteiger charge is -2.34. The molecule has 0 spiro atoms. The van der Waals surface area contributed by atoms with Gasteiger partial charge in [0, 0.05) is 53.7 Å². The molecule has 4 aromatic rings. The number of halogens is 2. The van der Waals surface area contributed by atoms with Crippen molar-refractivity contribution in [2.75, 3.05) is 38.2 Å². The molecule has 0 aliphatic carbocycles. The maximum absolute atomic E-state index is 12.8. The number of alkyl halides is 1. The van der Waals surface area contributed by atoms with Crippen LogP contribution < -0.4 is 15.0 Å². The van der Waals surface area contributed by atoms with E-state index in [0.29, 0.717) is 41.4 Å². The van der Waals surface area contributed by atoms with Gasteiger partial charge in [0.2, 0.25) is 0 Å². The zero-order valence-electron chi connectivity index (χ0n) is 24.0. The van der Waals surface area contributed by atoms with Gasteiger partial charge in [-0.15, -0.1) is 0 Å². The number of methoxy groups -OCH3 is 1. The molecule has 7 nitrogen and oxygen atoms in total. The molecule has 3 aliphatic rings. The van der Waals surface area contributed by atoms with Gasteiger partial charge >= 0.3 is 6.01 Å². The fraction of sp³-hybridized carbons (Fsp3) is 0.469. The standard InChI is InChI=1S/C24H22ClN5O.C8H16FN/c1-31-24-28-22-18(23(29-24)30-12-15-8-9-16(13-30)26-15)10-11-20(27-22)17-6-2-4-14-5-3-7-19(25)21(14)17;1-3-8-5-7(9)6-10(8)4-2/h2-7,10-11,15-16,26H,8-9,12-13H2,1H3;7-8H,3-6H2,1-2H3. The Balaban J connectivity index is 0.000000258. The van der Waals surface area contributed by atoms with E-state index in [0.717, 1.165) is 65.7 Å². The average Bonchev–Trinajstić information content (AvgIpc) is 3.55. The van der Waals surface area contributed by atoms with E-state index in [4.69, 9.17) is 26.3 Å². The molecule has 7 rings (SSSR count). The predicted octanol–water partition coefficient (Wildman–Crippen LogP) is 6.28. The first-order chi connectivity index (χ1) is 20.0. The maximum atomic E-state index is 12.8. The van der Waals surface area contributed by atoms with Crippen LogP contribution in [0.25, 0.3) is 33.1 Å². The summed E-state index contributed by atoms with van der Waals surface area (Å²) in [6, 6.07) is 18.1. The minimum atomic E-state index is -0.565. The Bertz CT molecular complexity index is 1510. The third kappa shape index (κ3) is 5.70. The van der Waals surface area contributed by atoms with Gasteiger partial charge in [0.1, 0.15) is 12.0 Å². The Morgan fingerprint density at radius 2 is 1.73 bits per heavy atom. The summed E-state index contributed by atoms with van der Waals surface area (Å²) >= 11 is 6.55. The summed E-state index contributed by atoms with van der Waals surface area (Å²) in [6.07, 6.45) is 3.71. The highest BCUT2D eigenvalue weighted by atomic mass is 35.5. The van der Waals surface area contributed by atoms with E-state index in [-0.39, 0.29) is 0 Å². The maximum Gasteiger partial charge on any atom is 0.320 e. The number of anilines is 1. The normalized spacial score (nSPS) is 24.1. The fourth-order valence-corrected chi connectivity index (χ4v) is 6.95. The Morgan fingerprint density at radius 3 is 2.41 bits per heavy atom. The number of benzene rings is 2. The van der Waals surface area contributed by atoms with Crippen LogP contribution in [0.3, 0.4) is 0 Å². The number of rotatable bonds is 5. The second-order valence-corrected chi connectivity index (χ2v) is 11.7. The number of hydrogen-bond acceptors (Lipinski definition) is 7. The van der Waals surface area contributed by atoms with Gasteiger partial charge < -0.3 is 15.0 Å². The molecule has 41 heavy (non-hydrogen) atoms. The van der Waals surface area contributed by atoms with Crippen molar-refractivity contribution in [3.63, 3.8) is 0 Å². The number of aromatic nitrogens is 3. The zero-order chi connectivity index (χ0) is 28.5. The van der Waals surface area contributed by atoms with Gasteiger partial charge in [0.15, 0.2) is 5.65 Å². The van der Waals surface area contributed by atoms with Gasteiger partial charge in [0.05, 0.1) is 18.2 Å². The Kier molecular flexibility index (Phi) is 8.24. The van der Waals surface area contributed by atoms with Crippen molar-refractivity contribution in [1.29, 1.82) is 0 Å². The van der Waals surface area contributed by atoms with Gasteiger partial charge in [-0.3, -0.25) is 4.90 Å². The van der Waals surface area contributed by atoms with Crippen LogP contribution in [0, 0.1) is 0 Å². The molecule has 3 fully saturated rings. The van der Waals surface area contributed by atoms with E-state index in [1.807, 2.05) is 24.3 Å². The van der Waals surface area contributed by atoms with Crippen LogP contribution in [0.2, 0.25) is 5.02 Å². The highest BCUT2D eigenvalue weighted by Crippen LogP contribution is 2.35. The molecule has 4 unspecified atom stereocenters. The molecule has 3 aliphatic heterocycles. The number of piperazine rings is 1. The number of nitrogens with zero attached hydrogens (tertiary/aromatic N) is 5. The summed E-state index contributed by atoms with van der Waals surface area (Å²) in [5, 5.41) is 7.42. The molecule has 5 heterocycles. The fourth-order valence-electron chi connectivity index (χ4n) is 6.67. The van der Waals surface area contributed by atoms with E-state index in [2.05, 4.69) is 58.2 Å². The van der Waals surface area contributed by atoms with Crippen LogP contribution in [0.1, 0.15) is 39.5 Å². The molecule has 2 aromatic heterocycles. The Morgan fingerprint density at radius 1 is 0.976 bits per heavy atom. The lowest BCUT2D eigenvalue weighted by molar-refractivity contribution is 0.251. The Labute approximate surface area is 246 Å². The summed E-state index contributed by atoms with van der Waals surface area (Å²) < 4.78 is 18.2. The van der Waals surface area contributed by atoms with E-state index in [1.165, 1.54) is 12.8 Å². The topological polar surface area (TPSA) is 66.4 Å². The number of hydrogen-bond donors (Lipinski definition) is 1. The van der Waals surface area contributed by atoms with Gasteiger partial charge in [0.25, 0.3) is 0 Å². The van der Waals surface area contributed by atoms with Crippen LogP contribution in [0.15, 0.2) is 48.5 Å². The first-order valence-corrected chi connectivity index (χ1v) is 15.1. The van der Waals surface area contributed by atoms with Crippen molar-refractivity contribution < 1.29 is 9.13 Å². The molecule has 216 valence electrons. The molecule has 2 aromatic carbocycles. The minimum absolute atomic E-state index is 0.342. The second kappa shape index (κ2) is 12.0. The van der Waals surface area contributed by atoms with Gasteiger partial charge in [-0.2, -0.15) is 9.97 Å². The smallest absolute Gasteiger partial charge is 0.320 e. The molecule has 3 saturated heterocycles. The molecule has 9 heteroatoms. The number of nitrogens with one attached hydrogen (secondary N) is 1. The number of ether oxygens (including phenoxy) is 1. The van der Waals surface area contributed by atoms with Crippen molar-refractivity contribution in [2.45, 2.75) is 63.8 Å². The highest BCUT2D eigenvalue weighted by Gasteiger charge is 2.34. The molecule has 0 amide bonds. The second-order valence-electron chi connectivity index (χ2n) is 11.3. The zero-order valence-corrected chi connectivity index (χ0v) is 24.7. The molecular weight excluding hydrogens is 539 g/mol. The monoisotopic (exact) mass is 576 g/mol. The highest BCUT2D eigenvalue weighted by molar-refractivity contribution is 6.36. The van der Waals surface area contributed by atoms with Crippen molar-refractivity contribution in [2.24, 2.45) is 0 Å². The molecule has 2 bridgehead atoms. The molecule has 1 N–H and O–H groups in total. The van der Waals surface area contributed by atoms with E-state index >= 15 is 0 Å². The third-order valence-corrected chi connectivity index (χ3v) is 9.02. The van der Waals surface area contributed by atoms with E-state index < -0.39 is 6.17 Å². The molecule has 4 atom stereocenters. The van der Waals surface area contributed by atoms with Crippen LogP contribution in [-0.2, 0) is 0 Å². The summed E-state index contributed by atoms with van der Waals surface area (Å²) in [6.45, 7) is 7.76. The summed E-state index contributed by atoms with van der Waals surface area (Å²) in [5.41, 5.74) is 2.46. The summed E-state index contributed by atoms with van der Waals surface area (Å²) in [5.74, 6) is 0.898. The van der Waals surface area contributed by atoms with Crippen molar-refractivity contribution in [1.82, 2.24) is 25.2 Å². The van der Waals surface area contributed by atoms with Crippen molar-refractivity contribution in [3.05, 3.63) is 53.6 Å². The average molecular weight is 577 g/mol. The number of fused-ring (bicyclic) bond motifs is 4. The molecule has 0 radical (unpaired) electrons. The molecular formula is C32H38ClFN6O. The lowest BCUT2D eigenvalue weighted by Crippen LogP contribution is -2.51. The predicted molar refractivity (Wildman–Crippen MR) is 165 cm³/mol. The van der Waals surface area contributed by atoms with Crippen molar-refractivity contribution >= 4 is 39.2 Å². The largest absolute Gasteiger partial charge is 0.467 e. The van der Waals surface area contributed by atoms with Crippen LogP contribution >= 0.6 is 11.6 Å². The van der Waals surface area contributed by atoms with Gasteiger partial charge in [-0.25, -0.2) is 9.37 Å². The summed E-state index contributed by atoms with van der Waals surface area (Å²) in [4.78, 5) is 18.8. The Hall–Kier alpha value is -3.07. The molecule has 0 saturated carbocycles. The van der Waals surface area contributed by atoms with Gasteiger partial charge in [-0.1, -0.05) is 55.8 Å². The third-order valence-electron chi connectivity index (χ3n) is 8.70. The number of pyridine rings is 1. The SMILES string of the molecule is CCC1CC(F)CN1CC.COc1nc(N2CC3CCC(C2)N3)c2ccc(-c3cccc4cccc(Cl)c34)nc2n1. The van der Waals surface area contributed by atoms with Gasteiger partial charge in [-0.05, 0) is 55.8 Å². The number of likely N-dealkylation sites (tertiary alicyclic amines) is 1. The van der Waals surface area contributed by atoms with Crippen LogP contribution in [0.4, 0.5) is 10.2 Å². The van der Waals surface area contributed by atoms with Crippen LogP contribution in [0.5, 0.6) is 6.01 Å². The lowest BCUT2D eigenvalue weighted by atomic mass is 10.0. The van der Waals surface area contributed by atoms with E-state index in [1.54, 1.807) is 7.11 Å². The van der Waals surface area contributed by atoms with Crippen LogP contribution in [-0.4, -0.2) is 77.4 Å². The van der Waals surface area contributed by atoms with Crippen molar-refractivity contribution in [3.8, 4) is 17.3 Å². The summed E-state index contributed by atoms with van der Waals surface area (Å²) in [7, 11) is 1.60. The van der Waals surface area contributed by atoms with E-state index in [9.17, 15) is 4.39 Å². The minimum Gasteiger partial charge on any atom is -0.467 e. The first-order valence-electron chi connectivity index (χ1n) is 14.8. The quantitative estimate of drug-likeness (QED) is 0.300.